The van der Waals surface area contributed by atoms with Crippen LogP contribution in [0.25, 0.3) is 0 Å². The Labute approximate surface area is 106 Å². The molecule has 0 radical (unpaired) electrons. The fourth-order valence-corrected chi connectivity index (χ4v) is 1.59. The van der Waals surface area contributed by atoms with Gasteiger partial charge in [0.2, 0.25) is 5.95 Å². The number of anilines is 1. The molecule has 1 N–H and O–H groups in total. The highest BCUT2D eigenvalue weighted by Crippen LogP contribution is 2.17. The summed E-state index contributed by atoms with van der Waals surface area (Å²) in [6, 6.07) is 5.36. The fourth-order valence-electron chi connectivity index (χ4n) is 1.21. The summed E-state index contributed by atoms with van der Waals surface area (Å²) in [6.07, 6.45) is 2.91. The van der Waals surface area contributed by atoms with Gasteiger partial charge in [-0.25, -0.2) is 4.98 Å². The Morgan fingerprint density at radius 1 is 1.35 bits per heavy atom. The largest absolute Gasteiger partial charge is 0.289 e. The number of amides is 1. The quantitative estimate of drug-likeness (QED) is 0.921. The lowest BCUT2D eigenvalue weighted by atomic mass is 10.1. The molecule has 0 unspecified atom stereocenters. The summed E-state index contributed by atoms with van der Waals surface area (Å²) in [5, 5.41) is 9.87. The van der Waals surface area contributed by atoms with Gasteiger partial charge in [0.25, 0.3) is 5.91 Å². The fraction of sp³-hybridized carbons (Fsp3) is 0.0909. The van der Waals surface area contributed by atoms with E-state index in [9.17, 15) is 4.79 Å². The van der Waals surface area contributed by atoms with E-state index < -0.39 is 0 Å². The van der Waals surface area contributed by atoms with Crippen LogP contribution in [0.3, 0.4) is 0 Å². The number of hydrogen-bond acceptors (Lipinski definition) is 4. The second-order valence-electron chi connectivity index (χ2n) is 3.38. The first-order chi connectivity index (χ1) is 8.16. The lowest BCUT2D eigenvalue weighted by Crippen LogP contribution is -2.14. The number of rotatable bonds is 2. The van der Waals surface area contributed by atoms with E-state index in [0.29, 0.717) is 5.56 Å². The molecule has 1 aromatic heterocycles. The molecule has 0 aliphatic rings. The Balaban J connectivity index is 2.18. The van der Waals surface area contributed by atoms with Gasteiger partial charge in [-0.3, -0.25) is 10.1 Å². The van der Waals surface area contributed by atoms with Gasteiger partial charge in [0.05, 0.1) is 12.4 Å². The van der Waals surface area contributed by atoms with Crippen molar-refractivity contribution in [1.29, 1.82) is 0 Å². The summed E-state index contributed by atoms with van der Waals surface area (Å²) in [5.41, 5.74) is 1.61. The molecule has 2 aromatic rings. The molecule has 2 rings (SSSR count). The van der Waals surface area contributed by atoms with Gasteiger partial charge < -0.3 is 0 Å². The second-order valence-corrected chi connectivity index (χ2v) is 4.24. The van der Waals surface area contributed by atoms with Gasteiger partial charge in [-0.05, 0) is 24.6 Å². The maximum Gasteiger partial charge on any atom is 0.258 e. The topological polar surface area (TPSA) is 67.8 Å². The van der Waals surface area contributed by atoms with Crippen molar-refractivity contribution in [3.05, 3.63) is 46.2 Å². The summed E-state index contributed by atoms with van der Waals surface area (Å²) < 4.78 is 0.886. The van der Waals surface area contributed by atoms with Crippen LogP contribution in [0.5, 0.6) is 0 Å². The molecular weight excluding hydrogens is 284 g/mol. The Bertz CT molecular complexity index is 544. The lowest BCUT2D eigenvalue weighted by Gasteiger charge is -2.04. The molecular formula is C11H9BrN4O. The molecule has 0 saturated heterocycles. The van der Waals surface area contributed by atoms with Crippen molar-refractivity contribution in [2.45, 2.75) is 6.92 Å². The summed E-state index contributed by atoms with van der Waals surface area (Å²) in [6.45, 7) is 1.95. The zero-order valence-corrected chi connectivity index (χ0v) is 10.6. The molecule has 17 heavy (non-hydrogen) atoms. The number of carbonyl (C=O) groups is 1. The van der Waals surface area contributed by atoms with E-state index in [0.717, 1.165) is 10.0 Å². The van der Waals surface area contributed by atoms with Crippen molar-refractivity contribution in [2.75, 3.05) is 5.32 Å². The Morgan fingerprint density at radius 3 is 2.82 bits per heavy atom. The van der Waals surface area contributed by atoms with E-state index in [1.807, 2.05) is 13.0 Å². The van der Waals surface area contributed by atoms with Crippen LogP contribution < -0.4 is 5.32 Å². The van der Waals surface area contributed by atoms with E-state index in [1.54, 1.807) is 12.1 Å². The number of nitrogens with zero attached hydrogens (tertiary/aromatic N) is 3. The van der Waals surface area contributed by atoms with Crippen molar-refractivity contribution in [1.82, 2.24) is 15.2 Å². The highest BCUT2D eigenvalue weighted by Gasteiger charge is 2.08. The molecule has 86 valence electrons. The first-order valence-electron chi connectivity index (χ1n) is 4.88. The zero-order valence-electron chi connectivity index (χ0n) is 9.01. The molecule has 0 spiro atoms. The van der Waals surface area contributed by atoms with Crippen LogP contribution in [0.15, 0.2) is 35.1 Å². The van der Waals surface area contributed by atoms with Crippen molar-refractivity contribution >= 4 is 27.8 Å². The van der Waals surface area contributed by atoms with Gasteiger partial charge in [0.15, 0.2) is 0 Å². The van der Waals surface area contributed by atoms with E-state index >= 15 is 0 Å². The minimum Gasteiger partial charge on any atom is -0.289 e. The first-order valence-corrected chi connectivity index (χ1v) is 5.67. The van der Waals surface area contributed by atoms with Crippen LogP contribution in [0.2, 0.25) is 0 Å². The van der Waals surface area contributed by atoms with Gasteiger partial charge in [0, 0.05) is 10.0 Å². The first kappa shape index (κ1) is 11.7. The number of aromatic nitrogens is 3. The van der Waals surface area contributed by atoms with Crippen molar-refractivity contribution in [2.24, 2.45) is 0 Å². The highest BCUT2D eigenvalue weighted by molar-refractivity contribution is 9.10. The Kier molecular flexibility index (Phi) is 3.43. The predicted molar refractivity (Wildman–Crippen MR) is 66.7 cm³/mol. The molecule has 0 aliphatic heterocycles. The number of nitrogens with one attached hydrogen (secondary N) is 1. The number of benzene rings is 1. The Hall–Kier alpha value is -1.82. The third kappa shape index (κ3) is 2.85. The molecule has 1 amide bonds. The van der Waals surface area contributed by atoms with E-state index in [1.165, 1.54) is 12.4 Å². The number of carbonyl (C=O) groups excluding carboxylic acids is 1. The molecule has 0 aliphatic carbocycles. The van der Waals surface area contributed by atoms with Gasteiger partial charge in [-0.2, -0.15) is 5.10 Å². The third-order valence-corrected chi connectivity index (χ3v) is 3.00. The number of hydrogen-bond donors (Lipinski definition) is 1. The zero-order chi connectivity index (χ0) is 12.3. The van der Waals surface area contributed by atoms with Crippen LogP contribution in [0.4, 0.5) is 5.95 Å². The summed E-state index contributed by atoms with van der Waals surface area (Å²) in [4.78, 5) is 15.7. The maximum atomic E-state index is 11.8. The van der Waals surface area contributed by atoms with Crippen LogP contribution in [-0.2, 0) is 0 Å². The SMILES string of the molecule is Cc1ccc(C(=O)Nc2nccnn2)cc1Br. The van der Waals surface area contributed by atoms with Crippen molar-refractivity contribution in [3.8, 4) is 0 Å². The second kappa shape index (κ2) is 5.01. The minimum absolute atomic E-state index is 0.189. The van der Waals surface area contributed by atoms with Gasteiger partial charge in [-0.1, -0.05) is 22.0 Å². The average Bonchev–Trinajstić information content (AvgIpc) is 2.34. The van der Waals surface area contributed by atoms with Crippen LogP contribution in [0, 0.1) is 6.92 Å². The molecule has 1 heterocycles. The summed E-state index contributed by atoms with van der Waals surface area (Å²) in [7, 11) is 0. The number of halogens is 1. The molecule has 5 nitrogen and oxygen atoms in total. The van der Waals surface area contributed by atoms with Crippen molar-refractivity contribution < 1.29 is 4.79 Å². The molecule has 6 heteroatoms. The minimum atomic E-state index is -0.265. The van der Waals surface area contributed by atoms with E-state index in [4.69, 9.17) is 0 Å². The van der Waals surface area contributed by atoms with Gasteiger partial charge in [0.1, 0.15) is 0 Å². The predicted octanol–water partition coefficient (Wildman–Crippen LogP) is 2.19. The standard InChI is InChI=1S/C11H9BrN4O/c1-7-2-3-8(6-9(7)12)10(17)15-11-13-4-5-14-16-11/h2-6H,1H3,(H,13,15,16,17). The van der Waals surface area contributed by atoms with E-state index in [2.05, 4.69) is 36.4 Å². The molecule has 0 saturated carbocycles. The van der Waals surface area contributed by atoms with Crippen LogP contribution in [0.1, 0.15) is 15.9 Å². The van der Waals surface area contributed by atoms with Gasteiger partial charge in [-0.15, -0.1) is 5.10 Å². The molecule has 0 bridgehead atoms. The average molecular weight is 293 g/mol. The molecule has 0 atom stereocenters. The summed E-state index contributed by atoms with van der Waals surface area (Å²) >= 11 is 3.38. The smallest absolute Gasteiger partial charge is 0.258 e. The van der Waals surface area contributed by atoms with Crippen LogP contribution >= 0.6 is 15.9 Å². The highest BCUT2D eigenvalue weighted by atomic mass is 79.9. The van der Waals surface area contributed by atoms with Gasteiger partial charge >= 0.3 is 0 Å². The maximum absolute atomic E-state index is 11.8. The Morgan fingerprint density at radius 2 is 2.18 bits per heavy atom. The number of aryl methyl sites for hydroxylation is 1. The normalized spacial score (nSPS) is 10.0. The lowest BCUT2D eigenvalue weighted by molar-refractivity contribution is 0.102. The molecule has 0 fully saturated rings. The third-order valence-electron chi connectivity index (χ3n) is 2.14. The van der Waals surface area contributed by atoms with E-state index in [-0.39, 0.29) is 11.9 Å². The van der Waals surface area contributed by atoms with Crippen LogP contribution in [-0.4, -0.2) is 21.1 Å². The van der Waals surface area contributed by atoms with Crippen molar-refractivity contribution in [3.63, 3.8) is 0 Å². The summed E-state index contributed by atoms with van der Waals surface area (Å²) in [5.74, 6) is -0.0760. The molecule has 1 aromatic carbocycles. The monoisotopic (exact) mass is 292 g/mol.